The summed E-state index contributed by atoms with van der Waals surface area (Å²) in [5, 5.41) is 26.8. The second-order valence-corrected chi connectivity index (χ2v) is 8.02. The standard InChI is InChI=1S/C26H24FN3O4/c1-16-19(18-7-4-3-5-8-18)9-6-10-20(16)24-28-29-25(34-24)21-13-17(11-12-22(21)27)14-30(2)23(15-31)26(32)33/h3-13,23,31H,14-15H2,1-2H3,(H,32,33)/t23-/m0/s1. The number of carboxylic acids is 1. The number of aliphatic carboxylic acids is 1. The molecule has 0 saturated heterocycles. The Morgan fingerprint density at radius 1 is 1.00 bits per heavy atom. The average Bonchev–Trinajstić information content (AvgIpc) is 3.31. The van der Waals surface area contributed by atoms with E-state index < -0.39 is 24.4 Å². The zero-order valence-electron chi connectivity index (χ0n) is 18.8. The Bertz CT molecular complexity index is 1310. The highest BCUT2D eigenvalue weighted by molar-refractivity contribution is 5.75. The Labute approximate surface area is 196 Å². The molecule has 0 amide bonds. The lowest BCUT2D eigenvalue weighted by atomic mass is 9.96. The number of hydrogen-bond donors (Lipinski definition) is 2. The van der Waals surface area contributed by atoms with Crippen LogP contribution in [0.1, 0.15) is 11.1 Å². The number of hydrogen-bond acceptors (Lipinski definition) is 6. The van der Waals surface area contributed by atoms with Gasteiger partial charge in [-0.25, -0.2) is 4.39 Å². The fourth-order valence-electron chi connectivity index (χ4n) is 3.88. The van der Waals surface area contributed by atoms with E-state index in [2.05, 4.69) is 10.2 Å². The zero-order chi connectivity index (χ0) is 24.2. The number of carbonyl (C=O) groups is 1. The smallest absolute Gasteiger partial charge is 0.323 e. The van der Waals surface area contributed by atoms with E-state index in [-0.39, 0.29) is 23.9 Å². The van der Waals surface area contributed by atoms with Crippen molar-refractivity contribution in [3.05, 3.63) is 83.7 Å². The van der Waals surface area contributed by atoms with Gasteiger partial charge >= 0.3 is 5.97 Å². The van der Waals surface area contributed by atoms with Gasteiger partial charge < -0.3 is 14.6 Å². The minimum atomic E-state index is -1.14. The number of nitrogens with zero attached hydrogens (tertiary/aromatic N) is 3. The molecule has 1 atom stereocenters. The minimum Gasteiger partial charge on any atom is -0.480 e. The maximum atomic E-state index is 14.6. The van der Waals surface area contributed by atoms with Crippen molar-refractivity contribution < 1.29 is 23.8 Å². The third-order valence-electron chi connectivity index (χ3n) is 5.76. The Balaban J connectivity index is 1.64. The van der Waals surface area contributed by atoms with Crippen LogP contribution in [-0.4, -0.2) is 51.0 Å². The van der Waals surface area contributed by atoms with Gasteiger partial charge in [-0.2, -0.15) is 0 Å². The summed E-state index contributed by atoms with van der Waals surface area (Å²) in [6.45, 7) is 1.62. The van der Waals surface area contributed by atoms with Crippen molar-refractivity contribution in [1.82, 2.24) is 15.1 Å². The molecular formula is C26H24FN3O4. The summed E-state index contributed by atoms with van der Waals surface area (Å²) in [6, 6.07) is 19.1. The highest BCUT2D eigenvalue weighted by Gasteiger charge is 2.23. The Morgan fingerprint density at radius 2 is 1.68 bits per heavy atom. The van der Waals surface area contributed by atoms with Crippen LogP contribution in [0.3, 0.4) is 0 Å². The molecule has 0 spiro atoms. The van der Waals surface area contributed by atoms with E-state index >= 15 is 0 Å². The Morgan fingerprint density at radius 3 is 2.35 bits per heavy atom. The van der Waals surface area contributed by atoms with Crippen molar-refractivity contribution >= 4 is 5.97 Å². The van der Waals surface area contributed by atoms with Crippen LogP contribution in [0, 0.1) is 12.7 Å². The van der Waals surface area contributed by atoms with Crippen molar-refractivity contribution in [2.45, 2.75) is 19.5 Å². The monoisotopic (exact) mass is 461 g/mol. The molecule has 0 saturated carbocycles. The predicted molar refractivity (Wildman–Crippen MR) is 125 cm³/mol. The second-order valence-electron chi connectivity index (χ2n) is 8.02. The summed E-state index contributed by atoms with van der Waals surface area (Å²) in [5.74, 6) is -1.37. The molecule has 0 bridgehead atoms. The second kappa shape index (κ2) is 9.94. The molecule has 2 N–H and O–H groups in total. The average molecular weight is 461 g/mol. The van der Waals surface area contributed by atoms with Crippen molar-refractivity contribution in [3.63, 3.8) is 0 Å². The lowest BCUT2D eigenvalue weighted by Gasteiger charge is -2.22. The third-order valence-corrected chi connectivity index (χ3v) is 5.76. The van der Waals surface area contributed by atoms with Crippen LogP contribution in [0.2, 0.25) is 0 Å². The molecule has 0 aliphatic heterocycles. The van der Waals surface area contributed by atoms with Crippen LogP contribution in [0.25, 0.3) is 34.0 Å². The van der Waals surface area contributed by atoms with Crippen molar-refractivity contribution in [2.24, 2.45) is 0 Å². The molecule has 4 aromatic rings. The molecular weight excluding hydrogens is 437 g/mol. The lowest BCUT2D eigenvalue weighted by molar-refractivity contribution is -0.144. The number of carboxylic acid groups (broad SMARTS) is 1. The van der Waals surface area contributed by atoms with E-state index in [0.717, 1.165) is 22.3 Å². The van der Waals surface area contributed by atoms with Crippen LogP contribution < -0.4 is 0 Å². The van der Waals surface area contributed by atoms with Gasteiger partial charge in [0.05, 0.1) is 12.2 Å². The number of aromatic nitrogens is 2. The maximum Gasteiger partial charge on any atom is 0.323 e. The maximum absolute atomic E-state index is 14.6. The van der Waals surface area contributed by atoms with E-state index in [1.807, 2.05) is 55.5 Å². The zero-order valence-corrected chi connectivity index (χ0v) is 18.8. The number of benzene rings is 3. The summed E-state index contributed by atoms with van der Waals surface area (Å²) < 4.78 is 20.5. The normalized spacial score (nSPS) is 12.1. The molecule has 1 heterocycles. The number of aliphatic hydroxyl groups is 1. The molecule has 7 nitrogen and oxygen atoms in total. The SMILES string of the molecule is Cc1c(-c2ccccc2)cccc1-c1nnc(-c2cc(CN(C)[C@@H](CO)C(=O)O)ccc2F)o1. The molecule has 8 heteroatoms. The van der Waals surface area contributed by atoms with Gasteiger partial charge in [-0.1, -0.05) is 48.5 Å². The van der Waals surface area contributed by atoms with Gasteiger partial charge in [0, 0.05) is 12.1 Å². The number of aliphatic hydroxyl groups excluding tert-OH is 1. The van der Waals surface area contributed by atoms with Crippen LogP contribution >= 0.6 is 0 Å². The van der Waals surface area contributed by atoms with Gasteiger partial charge in [-0.15, -0.1) is 10.2 Å². The molecule has 0 radical (unpaired) electrons. The quantitative estimate of drug-likeness (QED) is 0.401. The van der Waals surface area contributed by atoms with Gasteiger partial charge in [0.25, 0.3) is 5.89 Å². The number of rotatable bonds is 8. The molecule has 0 aliphatic rings. The van der Waals surface area contributed by atoms with E-state index in [0.29, 0.717) is 5.56 Å². The minimum absolute atomic E-state index is 0.0264. The molecule has 174 valence electrons. The highest BCUT2D eigenvalue weighted by atomic mass is 19.1. The first-order valence-corrected chi connectivity index (χ1v) is 10.7. The van der Waals surface area contributed by atoms with Crippen LogP contribution in [0.5, 0.6) is 0 Å². The van der Waals surface area contributed by atoms with Gasteiger partial charge in [0.2, 0.25) is 5.89 Å². The summed E-state index contributed by atoms with van der Waals surface area (Å²) in [4.78, 5) is 12.8. The number of halogens is 1. The summed E-state index contributed by atoms with van der Waals surface area (Å²) in [5.41, 5.74) is 4.57. The Kier molecular flexibility index (Phi) is 6.81. The van der Waals surface area contributed by atoms with Gasteiger partial charge in [-0.3, -0.25) is 9.69 Å². The van der Waals surface area contributed by atoms with E-state index in [1.54, 1.807) is 19.2 Å². The van der Waals surface area contributed by atoms with Gasteiger partial charge in [-0.05, 0) is 54.4 Å². The summed E-state index contributed by atoms with van der Waals surface area (Å²) in [6.07, 6.45) is 0. The summed E-state index contributed by atoms with van der Waals surface area (Å²) >= 11 is 0. The Hall–Kier alpha value is -3.88. The van der Waals surface area contributed by atoms with Crippen LogP contribution in [0.4, 0.5) is 4.39 Å². The third kappa shape index (κ3) is 4.73. The highest BCUT2D eigenvalue weighted by Crippen LogP contribution is 2.33. The number of likely N-dealkylation sites (N-methyl/N-ethyl adjacent to an activating group) is 1. The van der Waals surface area contributed by atoms with E-state index in [1.165, 1.54) is 11.0 Å². The molecule has 0 unspecified atom stereocenters. The largest absolute Gasteiger partial charge is 0.480 e. The first kappa shape index (κ1) is 23.3. The molecule has 0 fully saturated rings. The predicted octanol–water partition coefficient (Wildman–Crippen LogP) is 4.40. The molecule has 1 aromatic heterocycles. The summed E-state index contributed by atoms with van der Waals surface area (Å²) in [7, 11) is 1.57. The molecule has 34 heavy (non-hydrogen) atoms. The first-order valence-electron chi connectivity index (χ1n) is 10.7. The van der Waals surface area contributed by atoms with E-state index in [4.69, 9.17) is 4.42 Å². The molecule has 0 aliphatic carbocycles. The lowest BCUT2D eigenvalue weighted by Crippen LogP contribution is -2.40. The first-order chi connectivity index (χ1) is 16.4. The topological polar surface area (TPSA) is 99.7 Å². The van der Waals surface area contributed by atoms with Crippen LogP contribution in [-0.2, 0) is 11.3 Å². The van der Waals surface area contributed by atoms with Crippen molar-refractivity contribution in [2.75, 3.05) is 13.7 Å². The van der Waals surface area contributed by atoms with Gasteiger partial charge in [0.1, 0.15) is 11.9 Å². The molecule has 3 aromatic carbocycles. The van der Waals surface area contributed by atoms with Crippen LogP contribution in [0.15, 0.2) is 71.1 Å². The van der Waals surface area contributed by atoms with E-state index in [9.17, 15) is 19.4 Å². The fraction of sp³-hybridized carbons (Fsp3) is 0.192. The van der Waals surface area contributed by atoms with Crippen molar-refractivity contribution in [3.8, 4) is 34.0 Å². The molecule has 4 rings (SSSR count). The fourth-order valence-corrected chi connectivity index (χ4v) is 3.88. The van der Waals surface area contributed by atoms with Crippen molar-refractivity contribution in [1.29, 1.82) is 0 Å². The van der Waals surface area contributed by atoms with Gasteiger partial charge in [0.15, 0.2) is 0 Å².